The van der Waals surface area contributed by atoms with E-state index in [-0.39, 0.29) is 5.95 Å². The van der Waals surface area contributed by atoms with Crippen molar-refractivity contribution in [2.75, 3.05) is 11.5 Å². The van der Waals surface area contributed by atoms with E-state index in [9.17, 15) is 0 Å². The first-order chi connectivity index (χ1) is 8.11. The monoisotopic (exact) mass is 312 g/mol. The predicted octanol–water partition coefficient (Wildman–Crippen LogP) is 2.86. The molecule has 0 saturated carbocycles. The summed E-state index contributed by atoms with van der Waals surface area (Å²) in [5.74, 6) is 0.525. The van der Waals surface area contributed by atoms with Crippen LogP contribution in [0.15, 0.2) is 24.3 Å². The van der Waals surface area contributed by atoms with E-state index in [4.69, 9.17) is 23.1 Å². The summed E-state index contributed by atoms with van der Waals surface area (Å²) < 4.78 is 0. The lowest BCUT2D eigenvalue weighted by atomic mass is 10.1. The minimum atomic E-state index is 0.169. The second-order valence-electron chi connectivity index (χ2n) is 3.43. The van der Waals surface area contributed by atoms with Crippen molar-refractivity contribution in [1.29, 1.82) is 0 Å². The molecule has 1 heterocycles. The fourth-order valence-corrected chi connectivity index (χ4v) is 2.20. The average Bonchev–Trinajstić information content (AvgIpc) is 2.27. The molecule has 2 rings (SSSR count). The van der Waals surface area contributed by atoms with Crippen molar-refractivity contribution in [2.24, 2.45) is 0 Å². The van der Waals surface area contributed by atoms with E-state index < -0.39 is 0 Å². The third-order valence-corrected chi connectivity index (χ3v) is 3.04. The van der Waals surface area contributed by atoms with Gasteiger partial charge < -0.3 is 11.5 Å². The van der Waals surface area contributed by atoms with Crippen molar-refractivity contribution in [3.05, 3.63) is 35.0 Å². The number of aromatic nitrogens is 2. The maximum absolute atomic E-state index is 5.96. The van der Waals surface area contributed by atoms with E-state index in [0.29, 0.717) is 16.2 Å². The summed E-state index contributed by atoms with van der Waals surface area (Å²) in [6.07, 6.45) is 0. The molecular formula is C11H10BrClN4. The minimum Gasteiger partial charge on any atom is -0.383 e. The second kappa shape index (κ2) is 4.89. The quantitative estimate of drug-likeness (QED) is 0.836. The van der Waals surface area contributed by atoms with Crippen molar-refractivity contribution in [3.8, 4) is 11.1 Å². The van der Waals surface area contributed by atoms with Crippen LogP contribution in [0.1, 0.15) is 5.69 Å². The van der Waals surface area contributed by atoms with Gasteiger partial charge in [-0.2, -0.15) is 4.98 Å². The second-order valence-corrected chi connectivity index (χ2v) is 4.43. The Hall–Kier alpha value is -1.33. The van der Waals surface area contributed by atoms with Gasteiger partial charge in [-0.3, -0.25) is 0 Å². The van der Waals surface area contributed by atoms with Crippen LogP contribution in [0.5, 0.6) is 0 Å². The molecular weight excluding hydrogens is 304 g/mol. The lowest BCUT2D eigenvalue weighted by Crippen LogP contribution is -2.05. The number of nitrogens with zero attached hydrogens (tertiary/aromatic N) is 2. The van der Waals surface area contributed by atoms with E-state index >= 15 is 0 Å². The summed E-state index contributed by atoms with van der Waals surface area (Å²) in [6.45, 7) is 0. The topological polar surface area (TPSA) is 77.8 Å². The number of rotatable bonds is 2. The van der Waals surface area contributed by atoms with Crippen LogP contribution in [0.25, 0.3) is 11.1 Å². The average molecular weight is 314 g/mol. The highest BCUT2D eigenvalue weighted by molar-refractivity contribution is 9.08. The summed E-state index contributed by atoms with van der Waals surface area (Å²) in [7, 11) is 0. The van der Waals surface area contributed by atoms with Crippen LogP contribution < -0.4 is 11.5 Å². The fraction of sp³-hybridized carbons (Fsp3) is 0.0909. The standard InChI is InChI=1S/C11H10BrClN4/c12-5-8-9(10(14)17-11(15)16-8)6-2-1-3-7(13)4-6/h1-4H,5H2,(H4,14,15,16,17). The zero-order valence-electron chi connectivity index (χ0n) is 8.82. The van der Waals surface area contributed by atoms with Gasteiger partial charge in [0.05, 0.1) is 5.69 Å². The Kier molecular flexibility index (Phi) is 3.49. The molecule has 0 radical (unpaired) electrons. The zero-order valence-corrected chi connectivity index (χ0v) is 11.2. The Morgan fingerprint density at radius 3 is 2.65 bits per heavy atom. The van der Waals surface area contributed by atoms with Gasteiger partial charge in [0.25, 0.3) is 0 Å². The molecule has 0 fully saturated rings. The molecule has 4 nitrogen and oxygen atoms in total. The molecule has 0 spiro atoms. The van der Waals surface area contributed by atoms with Crippen LogP contribution >= 0.6 is 27.5 Å². The van der Waals surface area contributed by atoms with Gasteiger partial charge >= 0.3 is 0 Å². The molecule has 0 aliphatic carbocycles. The number of halogens is 2. The Bertz CT molecular complexity index is 559. The molecule has 0 amide bonds. The van der Waals surface area contributed by atoms with Gasteiger partial charge in [0.1, 0.15) is 5.82 Å². The largest absolute Gasteiger partial charge is 0.383 e. The molecule has 0 atom stereocenters. The molecule has 0 aliphatic heterocycles. The number of hydrogen-bond donors (Lipinski definition) is 2. The molecule has 1 aromatic heterocycles. The van der Waals surface area contributed by atoms with Gasteiger partial charge in [0.2, 0.25) is 5.95 Å². The maximum Gasteiger partial charge on any atom is 0.222 e. The summed E-state index contributed by atoms with van der Waals surface area (Å²) in [5.41, 5.74) is 13.8. The molecule has 2 aromatic rings. The van der Waals surface area contributed by atoms with Crippen molar-refractivity contribution in [2.45, 2.75) is 5.33 Å². The Morgan fingerprint density at radius 2 is 2.00 bits per heavy atom. The predicted molar refractivity (Wildman–Crippen MR) is 73.9 cm³/mol. The maximum atomic E-state index is 5.96. The van der Waals surface area contributed by atoms with Gasteiger partial charge in [0, 0.05) is 15.9 Å². The molecule has 0 unspecified atom stereocenters. The smallest absolute Gasteiger partial charge is 0.222 e. The molecule has 0 aliphatic rings. The van der Waals surface area contributed by atoms with E-state index in [1.54, 1.807) is 6.07 Å². The molecule has 1 aromatic carbocycles. The SMILES string of the molecule is Nc1nc(N)c(-c2cccc(Cl)c2)c(CBr)n1. The van der Waals surface area contributed by atoms with Gasteiger partial charge in [-0.05, 0) is 17.7 Å². The molecule has 0 bridgehead atoms. The van der Waals surface area contributed by atoms with Crippen molar-refractivity contribution < 1.29 is 0 Å². The van der Waals surface area contributed by atoms with E-state index in [1.807, 2.05) is 18.2 Å². The van der Waals surface area contributed by atoms with Crippen molar-refractivity contribution >= 4 is 39.3 Å². The van der Waals surface area contributed by atoms with Gasteiger partial charge in [-0.1, -0.05) is 39.7 Å². The molecule has 6 heteroatoms. The number of hydrogen-bond acceptors (Lipinski definition) is 4. The number of alkyl halides is 1. The van der Waals surface area contributed by atoms with Gasteiger partial charge in [-0.25, -0.2) is 4.98 Å². The first-order valence-corrected chi connectivity index (χ1v) is 6.35. The summed E-state index contributed by atoms with van der Waals surface area (Å²) >= 11 is 9.31. The van der Waals surface area contributed by atoms with Crippen LogP contribution in [-0.4, -0.2) is 9.97 Å². The normalized spacial score (nSPS) is 10.5. The van der Waals surface area contributed by atoms with Gasteiger partial charge in [0.15, 0.2) is 0 Å². The molecule has 0 saturated heterocycles. The molecule has 4 N–H and O–H groups in total. The highest BCUT2D eigenvalue weighted by Crippen LogP contribution is 2.30. The molecule has 17 heavy (non-hydrogen) atoms. The summed E-state index contributed by atoms with van der Waals surface area (Å²) in [5, 5.41) is 1.19. The lowest BCUT2D eigenvalue weighted by Gasteiger charge is -2.10. The highest BCUT2D eigenvalue weighted by atomic mass is 79.9. The van der Waals surface area contributed by atoms with Crippen LogP contribution in [0, 0.1) is 0 Å². The first-order valence-electron chi connectivity index (χ1n) is 4.85. The van der Waals surface area contributed by atoms with Crippen molar-refractivity contribution in [3.63, 3.8) is 0 Å². The Balaban J connectivity index is 2.66. The third-order valence-electron chi connectivity index (χ3n) is 2.27. The number of nitrogen functional groups attached to an aromatic ring is 2. The zero-order chi connectivity index (χ0) is 12.4. The number of benzene rings is 1. The van der Waals surface area contributed by atoms with E-state index in [1.165, 1.54) is 0 Å². The first kappa shape index (κ1) is 12.1. The van der Waals surface area contributed by atoms with Gasteiger partial charge in [-0.15, -0.1) is 0 Å². The van der Waals surface area contributed by atoms with Crippen LogP contribution in [0.4, 0.5) is 11.8 Å². The van der Waals surface area contributed by atoms with Crippen LogP contribution in [0.2, 0.25) is 5.02 Å². The van der Waals surface area contributed by atoms with Crippen LogP contribution in [0.3, 0.4) is 0 Å². The van der Waals surface area contributed by atoms with Crippen LogP contribution in [-0.2, 0) is 5.33 Å². The minimum absolute atomic E-state index is 0.169. The van der Waals surface area contributed by atoms with Crippen molar-refractivity contribution in [1.82, 2.24) is 9.97 Å². The fourth-order valence-electron chi connectivity index (χ4n) is 1.60. The summed E-state index contributed by atoms with van der Waals surface area (Å²) in [4.78, 5) is 8.12. The molecule has 88 valence electrons. The number of anilines is 2. The Labute approximate surface area is 112 Å². The lowest BCUT2D eigenvalue weighted by molar-refractivity contribution is 1.12. The summed E-state index contributed by atoms with van der Waals surface area (Å²) in [6, 6.07) is 7.38. The third kappa shape index (κ3) is 2.50. The van der Waals surface area contributed by atoms with E-state index in [0.717, 1.165) is 16.8 Å². The Morgan fingerprint density at radius 1 is 1.24 bits per heavy atom. The highest BCUT2D eigenvalue weighted by Gasteiger charge is 2.12. The van der Waals surface area contributed by atoms with E-state index in [2.05, 4.69) is 25.9 Å². The number of nitrogens with two attached hydrogens (primary N) is 2.